The van der Waals surface area contributed by atoms with E-state index < -0.39 is 0 Å². The number of hydrogen-bond acceptors (Lipinski definition) is 3. The lowest BCUT2D eigenvalue weighted by Crippen LogP contribution is -2.19. The van der Waals surface area contributed by atoms with Crippen LogP contribution in [0.1, 0.15) is 26.2 Å². The standard InChI is InChI=1S/C16H26N2O/c1-13-7-8-15(11-13)17-14-5-4-6-16(12-14)19-10-9-18(2)3/h4-6,12-13,15,17H,7-11H2,1-3H3. The van der Waals surface area contributed by atoms with Gasteiger partial charge in [0.25, 0.3) is 0 Å². The Morgan fingerprint density at radius 3 is 2.84 bits per heavy atom. The van der Waals surface area contributed by atoms with Crippen molar-refractivity contribution in [2.24, 2.45) is 5.92 Å². The van der Waals surface area contributed by atoms with Crippen molar-refractivity contribution in [1.29, 1.82) is 0 Å². The summed E-state index contributed by atoms with van der Waals surface area (Å²) in [6.45, 7) is 4.01. The van der Waals surface area contributed by atoms with Crippen LogP contribution < -0.4 is 10.1 Å². The van der Waals surface area contributed by atoms with Crippen LogP contribution in [0.5, 0.6) is 5.75 Å². The highest BCUT2D eigenvalue weighted by Crippen LogP contribution is 2.28. The van der Waals surface area contributed by atoms with E-state index in [-0.39, 0.29) is 0 Å². The largest absolute Gasteiger partial charge is 0.492 e. The first-order chi connectivity index (χ1) is 9.13. The van der Waals surface area contributed by atoms with Gasteiger partial charge in [0.1, 0.15) is 12.4 Å². The summed E-state index contributed by atoms with van der Waals surface area (Å²) in [6.07, 6.45) is 3.91. The van der Waals surface area contributed by atoms with Crippen molar-refractivity contribution < 1.29 is 4.74 Å². The van der Waals surface area contributed by atoms with Gasteiger partial charge in [0.2, 0.25) is 0 Å². The molecule has 0 radical (unpaired) electrons. The van der Waals surface area contributed by atoms with Crippen LogP contribution in [0.25, 0.3) is 0 Å². The molecule has 0 bridgehead atoms. The van der Waals surface area contributed by atoms with Gasteiger partial charge >= 0.3 is 0 Å². The molecule has 0 aromatic heterocycles. The van der Waals surface area contributed by atoms with Crippen LogP contribution >= 0.6 is 0 Å². The Morgan fingerprint density at radius 2 is 2.16 bits per heavy atom. The molecule has 1 saturated carbocycles. The number of nitrogens with zero attached hydrogens (tertiary/aromatic N) is 1. The van der Waals surface area contributed by atoms with Gasteiger partial charge in [0.15, 0.2) is 0 Å². The van der Waals surface area contributed by atoms with Crippen LogP contribution in [0.15, 0.2) is 24.3 Å². The summed E-state index contributed by atoms with van der Waals surface area (Å²) in [4.78, 5) is 2.13. The van der Waals surface area contributed by atoms with Crippen molar-refractivity contribution in [3.8, 4) is 5.75 Å². The molecule has 1 aromatic rings. The Hall–Kier alpha value is -1.22. The summed E-state index contributed by atoms with van der Waals surface area (Å²) in [5, 5.41) is 3.62. The van der Waals surface area contributed by atoms with Crippen molar-refractivity contribution in [3.63, 3.8) is 0 Å². The van der Waals surface area contributed by atoms with Crippen molar-refractivity contribution >= 4 is 5.69 Å². The highest BCUT2D eigenvalue weighted by Gasteiger charge is 2.20. The maximum atomic E-state index is 5.76. The number of hydrogen-bond donors (Lipinski definition) is 1. The number of nitrogens with one attached hydrogen (secondary N) is 1. The number of ether oxygens (including phenoxy) is 1. The first-order valence-electron chi connectivity index (χ1n) is 7.27. The van der Waals surface area contributed by atoms with Gasteiger partial charge in [-0.15, -0.1) is 0 Å². The van der Waals surface area contributed by atoms with Crippen molar-refractivity contribution in [3.05, 3.63) is 24.3 Å². The lowest BCUT2D eigenvalue weighted by atomic mass is 10.1. The molecule has 0 heterocycles. The molecule has 3 nitrogen and oxygen atoms in total. The number of rotatable bonds is 6. The van der Waals surface area contributed by atoms with Crippen LogP contribution in [-0.2, 0) is 0 Å². The topological polar surface area (TPSA) is 24.5 Å². The van der Waals surface area contributed by atoms with Crippen LogP contribution in [0.2, 0.25) is 0 Å². The molecule has 0 spiro atoms. The third kappa shape index (κ3) is 4.75. The minimum absolute atomic E-state index is 0.632. The predicted molar refractivity (Wildman–Crippen MR) is 80.9 cm³/mol. The van der Waals surface area contributed by atoms with Gasteiger partial charge in [0, 0.05) is 24.3 Å². The molecular weight excluding hydrogens is 236 g/mol. The van der Waals surface area contributed by atoms with Crippen LogP contribution in [-0.4, -0.2) is 38.2 Å². The fourth-order valence-electron chi connectivity index (χ4n) is 2.60. The second kappa shape index (κ2) is 6.80. The maximum Gasteiger partial charge on any atom is 0.121 e. The summed E-state index contributed by atoms with van der Waals surface area (Å²) < 4.78 is 5.76. The molecule has 0 amide bonds. The van der Waals surface area contributed by atoms with E-state index in [1.165, 1.54) is 24.9 Å². The van der Waals surface area contributed by atoms with E-state index in [4.69, 9.17) is 4.74 Å². The first-order valence-corrected chi connectivity index (χ1v) is 7.27. The quantitative estimate of drug-likeness (QED) is 0.852. The molecule has 1 aromatic carbocycles. The molecule has 2 rings (SSSR count). The maximum absolute atomic E-state index is 5.76. The zero-order valence-corrected chi connectivity index (χ0v) is 12.4. The highest BCUT2D eigenvalue weighted by atomic mass is 16.5. The molecule has 0 aliphatic heterocycles. The fraction of sp³-hybridized carbons (Fsp3) is 0.625. The normalized spacial score (nSPS) is 22.7. The number of anilines is 1. The Balaban J connectivity index is 1.84. The van der Waals surface area contributed by atoms with Gasteiger partial charge in [-0.2, -0.15) is 0 Å². The van der Waals surface area contributed by atoms with E-state index in [1.807, 2.05) is 6.07 Å². The molecule has 1 N–H and O–H groups in total. The third-order valence-electron chi connectivity index (χ3n) is 3.71. The van der Waals surface area contributed by atoms with Gasteiger partial charge in [-0.1, -0.05) is 13.0 Å². The van der Waals surface area contributed by atoms with Gasteiger partial charge in [-0.05, 0) is 51.4 Å². The molecule has 1 aliphatic carbocycles. The van der Waals surface area contributed by atoms with E-state index >= 15 is 0 Å². The van der Waals surface area contributed by atoms with Crippen molar-refractivity contribution in [2.75, 3.05) is 32.6 Å². The average Bonchev–Trinajstić information content (AvgIpc) is 2.75. The Bertz CT molecular complexity index is 392. The summed E-state index contributed by atoms with van der Waals surface area (Å²) in [7, 11) is 4.12. The monoisotopic (exact) mass is 262 g/mol. The Morgan fingerprint density at radius 1 is 1.32 bits per heavy atom. The lowest BCUT2D eigenvalue weighted by molar-refractivity contribution is 0.261. The smallest absolute Gasteiger partial charge is 0.121 e. The SMILES string of the molecule is CC1CCC(Nc2cccc(OCCN(C)C)c2)C1. The minimum atomic E-state index is 0.632. The summed E-state index contributed by atoms with van der Waals surface area (Å²) in [6, 6.07) is 8.96. The number of likely N-dealkylation sites (N-methyl/N-ethyl adjacent to an activating group) is 1. The molecule has 2 atom stereocenters. The van der Waals surface area contributed by atoms with Gasteiger partial charge in [-0.25, -0.2) is 0 Å². The molecule has 2 unspecified atom stereocenters. The zero-order chi connectivity index (χ0) is 13.7. The zero-order valence-electron chi connectivity index (χ0n) is 12.4. The lowest BCUT2D eigenvalue weighted by Gasteiger charge is -2.15. The molecule has 3 heteroatoms. The molecule has 1 aliphatic rings. The second-order valence-electron chi connectivity index (χ2n) is 5.94. The molecule has 106 valence electrons. The highest BCUT2D eigenvalue weighted by molar-refractivity contribution is 5.49. The number of benzene rings is 1. The van der Waals surface area contributed by atoms with E-state index in [9.17, 15) is 0 Å². The van der Waals surface area contributed by atoms with Crippen molar-refractivity contribution in [2.45, 2.75) is 32.2 Å². The molecular formula is C16H26N2O. The third-order valence-corrected chi connectivity index (χ3v) is 3.71. The van der Waals surface area contributed by atoms with E-state index in [0.29, 0.717) is 6.04 Å². The van der Waals surface area contributed by atoms with Crippen LogP contribution in [0.3, 0.4) is 0 Å². The Labute approximate surface area is 116 Å². The molecule has 19 heavy (non-hydrogen) atoms. The van der Waals surface area contributed by atoms with E-state index in [2.05, 4.69) is 49.4 Å². The predicted octanol–water partition coefficient (Wildman–Crippen LogP) is 3.23. The summed E-state index contributed by atoms with van der Waals surface area (Å²) in [5.41, 5.74) is 1.18. The van der Waals surface area contributed by atoms with Crippen LogP contribution in [0.4, 0.5) is 5.69 Å². The Kier molecular flexibility index (Phi) is 5.08. The minimum Gasteiger partial charge on any atom is -0.492 e. The fourth-order valence-corrected chi connectivity index (χ4v) is 2.60. The van der Waals surface area contributed by atoms with E-state index in [1.54, 1.807) is 0 Å². The second-order valence-corrected chi connectivity index (χ2v) is 5.94. The summed E-state index contributed by atoms with van der Waals surface area (Å²) >= 11 is 0. The first kappa shape index (κ1) is 14.2. The average molecular weight is 262 g/mol. The van der Waals surface area contributed by atoms with Gasteiger partial charge in [-0.3, -0.25) is 0 Å². The van der Waals surface area contributed by atoms with Crippen LogP contribution in [0, 0.1) is 5.92 Å². The molecule has 0 saturated heterocycles. The summed E-state index contributed by atoms with van der Waals surface area (Å²) in [5.74, 6) is 1.81. The van der Waals surface area contributed by atoms with Gasteiger partial charge in [0.05, 0.1) is 0 Å². The molecule has 1 fully saturated rings. The van der Waals surface area contributed by atoms with E-state index in [0.717, 1.165) is 24.8 Å². The van der Waals surface area contributed by atoms with Gasteiger partial charge < -0.3 is 15.0 Å². The van der Waals surface area contributed by atoms with Crippen molar-refractivity contribution in [1.82, 2.24) is 4.90 Å².